The molecule has 27 heavy (non-hydrogen) atoms. The predicted octanol–water partition coefficient (Wildman–Crippen LogP) is 8.22. The van der Waals surface area contributed by atoms with E-state index >= 15 is 0 Å². The van der Waals surface area contributed by atoms with Crippen LogP contribution in [0.5, 0.6) is 0 Å². The highest BCUT2D eigenvalue weighted by Gasteiger charge is 2.20. The highest BCUT2D eigenvalue weighted by atomic mass is 19.2. The first-order valence-corrected chi connectivity index (χ1v) is 10.6. The Morgan fingerprint density at radius 3 is 2.11 bits per heavy atom. The van der Waals surface area contributed by atoms with E-state index in [0.717, 1.165) is 18.4 Å². The van der Waals surface area contributed by atoms with Gasteiger partial charge >= 0.3 is 0 Å². The van der Waals surface area contributed by atoms with Crippen LogP contribution in [-0.2, 0) is 0 Å². The first-order chi connectivity index (χ1) is 13.0. The Morgan fingerprint density at radius 1 is 0.815 bits per heavy atom. The zero-order valence-electron chi connectivity index (χ0n) is 16.9. The molecule has 1 fully saturated rings. The highest BCUT2D eigenvalue weighted by Crippen LogP contribution is 2.35. The van der Waals surface area contributed by atoms with Crippen LogP contribution in [0.15, 0.2) is 36.4 Å². The van der Waals surface area contributed by atoms with Crippen LogP contribution < -0.4 is 0 Å². The van der Waals surface area contributed by atoms with Crippen LogP contribution in [0.2, 0.25) is 0 Å². The van der Waals surface area contributed by atoms with Gasteiger partial charge < -0.3 is 0 Å². The van der Waals surface area contributed by atoms with Crippen LogP contribution >= 0.6 is 0 Å². The van der Waals surface area contributed by atoms with Gasteiger partial charge in [-0.15, -0.1) is 0 Å². The van der Waals surface area contributed by atoms with Gasteiger partial charge in [0.1, 0.15) is 0 Å². The summed E-state index contributed by atoms with van der Waals surface area (Å²) in [5, 5.41) is 0. The molecule has 1 atom stereocenters. The van der Waals surface area contributed by atoms with Gasteiger partial charge in [-0.25, -0.2) is 8.78 Å². The fourth-order valence-electron chi connectivity index (χ4n) is 4.28. The van der Waals surface area contributed by atoms with Crippen molar-refractivity contribution in [2.24, 2.45) is 5.92 Å². The van der Waals surface area contributed by atoms with Gasteiger partial charge in [-0.1, -0.05) is 82.9 Å². The molecule has 0 saturated heterocycles. The molecule has 0 spiro atoms. The Kier molecular flexibility index (Phi) is 6.68. The van der Waals surface area contributed by atoms with E-state index in [-0.39, 0.29) is 5.92 Å². The molecule has 2 aromatic carbocycles. The lowest BCUT2D eigenvalue weighted by atomic mass is 9.83. The molecule has 0 aliphatic heterocycles. The second-order valence-electron chi connectivity index (χ2n) is 8.66. The summed E-state index contributed by atoms with van der Waals surface area (Å²) < 4.78 is 29.5. The molecule has 3 rings (SSSR count). The third-order valence-corrected chi connectivity index (χ3v) is 6.12. The number of hydrogen-bond acceptors (Lipinski definition) is 0. The lowest BCUT2D eigenvalue weighted by molar-refractivity contribution is 0.443. The first-order valence-electron chi connectivity index (χ1n) is 10.6. The Morgan fingerprint density at radius 2 is 1.48 bits per heavy atom. The molecular formula is C25H32F2. The SMILES string of the molecule is CC(C)CCC(C)c1ccc(-c2ccc(C3CCCCC3)cc2)c(F)c1F. The van der Waals surface area contributed by atoms with Crippen molar-refractivity contribution >= 4 is 0 Å². The molecule has 1 aliphatic rings. The van der Waals surface area contributed by atoms with Crippen molar-refractivity contribution in [3.8, 4) is 11.1 Å². The van der Waals surface area contributed by atoms with Crippen molar-refractivity contribution < 1.29 is 8.78 Å². The standard InChI is InChI=1S/C25H32F2/c1-17(2)9-10-18(3)22-15-16-23(25(27)24(22)26)21-13-11-20(12-14-21)19-7-5-4-6-8-19/h11-19H,4-10H2,1-3H3. The summed E-state index contributed by atoms with van der Waals surface area (Å²) in [5.74, 6) is -0.167. The van der Waals surface area contributed by atoms with Crippen LogP contribution in [0.25, 0.3) is 11.1 Å². The summed E-state index contributed by atoms with van der Waals surface area (Å²) in [6.45, 7) is 6.30. The number of benzene rings is 2. The van der Waals surface area contributed by atoms with E-state index in [1.165, 1.54) is 37.7 Å². The van der Waals surface area contributed by atoms with Crippen molar-refractivity contribution in [2.75, 3.05) is 0 Å². The van der Waals surface area contributed by atoms with Gasteiger partial charge in [0.05, 0.1) is 0 Å². The van der Waals surface area contributed by atoms with Crippen LogP contribution in [-0.4, -0.2) is 0 Å². The van der Waals surface area contributed by atoms with Crippen molar-refractivity contribution in [3.63, 3.8) is 0 Å². The van der Waals surface area contributed by atoms with E-state index < -0.39 is 11.6 Å². The maximum absolute atomic E-state index is 14.8. The van der Waals surface area contributed by atoms with E-state index in [2.05, 4.69) is 26.0 Å². The zero-order valence-corrected chi connectivity index (χ0v) is 16.9. The highest BCUT2D eigenvalue weighted by molar-refractivity contribution is 5.65. The molecule has 2 aromatic rings. The average molecular weight is 371 g/mol. The Hall–Kier alpha value is -1.70. The monoisotopic (exact) mass is 370 g/mol. The molecular weight excluding hydrogens is 338 g/mol. The third kappa shape index (κ3) is 4.78. The van der Waals surface area contributed by atoms with Crippen LogP contribution in [0, 0.1) is 17.6 Å². The normalized spacial score (nSPS) is 16.7. The van der Waals surface area contributed by atoms with Crippen LogP contribution in [0.1, 0.15) is 88.7 Å². The van der Waals surface area contributed by atoms with E-state index in [9.17, 15) is 8.78 Å². The van der Waals surface area contributed by atoms with Crippen LogP contribution in [0.3, 0.4) is 0 Å². The summed E-state index contributed by atoms with van der Waals surface area (Å²) in [6.07, 6.45) is 8.30. The van der Waals surface area contributed by atoms with E-state index in [1.54, 1.807) is 12.1 Å². The minimum Gasteiger partial charge on any atom is -0.203 e. The van der Waals surface area contributed by atoms with Gasteiger partial charge in [-0.2, -0.15) is 0 Å². The number of halogens is 2. The molecule has 1 aliphatic carbocycles. The predicted molar refractivity (Wildman–Crippen MR) is 110 cm³/mol. The number of hydrogen-bond donors (Lipinski definition) is 0. The Bertz CT molecular complexity index is 740. The fraction of sp³-hybridized carbons (Fsp3) is 0.520. The molecule has 0 nitrogen and oxygen atoms in total. The van der Waals surface area contributed by atoms with Crippen molar-refractivity contribution in [1.29, 1.82) is 0 Å². The molecule has 0 aromatic heterocycles. The van der Waals surface area contributed by atoms with Crippen LogP contribution in [0.4, 0.5) is 8.78 Å². The molecule has 0 N–H and O–H groups in total. The maximum Gasteiger partial charge on any atom is 0.166 e. The van der Waals surface area contributed by atoms with E-state index in [1.807, 2.05) is 19.1 Å². The minimum atomic E-state index is -0.714. The second kappa shape index (κ2) is 8.99. The lowest BCUT2D eigenvalue weighted by Gasteiger charge is -2.22. The van der Waals surface area contributed by atoms with E-state index in [0.29, 0.717) is 23.0 Å². The Labute approximate surface area is 163 Å². The maximum atomic E-state index is 14.8. The van der Waals surface area contributed by atoms with Crippen molar-refractivity contribution in [2.45, 2.75) is 77.6 Å². The van der Waals surface area contributed by atoms with Gasteiger partial charge in [-0.3, -0.25) is 0 Å². The molecule has 0 heterocycles. The molecule has 1 unspecified atom stereocenters. The van der Waals surface area contributed by atoms with Crippen molar-refractivity contribution in [1.82, 2.24) is 0 Å². The lowest BCUT2D eigenvalue weighted by Crippen LogP contribution is -2.04. The first kappa shape index (κ1) is 20.0. The average Bonchev–Trinajstić information content (AvgIpc) is 2.69. The molecule has 1 saturated carbocycles. The third-order valence-electron chi connectivity index (χ3n) is 6.12. The van der Waals surface area contributed by atoms with Gasteiger partial charge in [-0.05, 0) is 53.7 Å². The molecule has 0 bridgehead atoms. The molecule has 2 heteroatoms. The fourth-order valence-corrected chi connectivity index (χ4v) is 4.28. The summed E-state index contributed by atoms with van der Waals surface area (Å²) in [7, 11) is 0. The molecule has 0 amide bonds. The van der Waals surface area contributed by atoms with Gasteiger partial charge in [0.15, 0.2) is 11.6 Å². The Balaban J connectivity index is 1.79. The quantitative estimate of drug-likeness (QED) is 0.480. The summed E-state index contributed by atoms with van der Waals surface area (Å²) >= 11 is 0. The number of rotatable bonds is 6. The molecule has 146 valence electrons. The largest absolute Gasteiger partial charge is 0.203 e. The van der Waals surface area contributed by atoms with Gasteiger partial charge in [0.25, 0.3) is 0 Å². The topological polar surface area (TPSA) is 0 Å². The summed E-state index contributed by atoms with van der Waals surface area (Å²) in [4.78, 5) is 0. The van der Waals surface area contributed by atoms with Gasteiger partial charge in [0, 0.05) is 5.56 Å². The van der Waals surface area contributed by atoms with E-state index in [4.69, 9.17) is 0 Å². The summed E-state index contributed by atoms with van der Waals surface area (Å²) in [5.41, 5.74) is 2.95. The summed E-state index contributed by atoms with van der Waals surface area (Å²) in [6, 6.07) is 11.6. The zero-order chi connectivity index (χ0) is 19.4. The minimum absolute atomic E-state index is 0.0321. The molecule has 0 radical (unpaired) electrons. The smallest absolute Gasteiger partial charge is 0.166 e. The second-order valence-corrected chi connectivity index (χ2v) is 8.66. The van der Waals surface area contributed by atoms with Gasteiger partial charge in [0.2, 0.25) is 0 Å². The van der Waals surface area contributed by atoms with Crippen molar-refractivity contribution in [3.05, 3.63) is 59.2 Å².